The SMILES string of the molecule is CCc1ccc2nc(N3C(=O)C(=O)C(=C(O)c4ccc(F)cc4)C3c3ccc(OC)c(OC)c3)sc2c1. The number of amides is 1. The number of thiazole rings is 1. The van der Waals surface area contributed by atoms with E-state index >= 15 is 0 Å². The van der Waals surface area contributed by atoms with Crippen molar-refractivity contribution in [3.8, 4) is 11.5 Å². The fraction of sp³-hybridized carbons (Fsp3) is 0.179. The Morgan fingerprint density at radius 3 is 2.43 bits per heavy atom. The number of carbonyl (C=O) groups is 2. The van der Waals surface area contributed by atoms with E-state index < -0.39 is 29.3 Å². The van der Waals surface area contributed by atoms with Crippen LogP contribution in [0.15, 0.2) is 66.2 Å². The van der Waals surface area contributed by atoms with Crippen LogP contribution in [0.5, 0.6) is 11.5 Å². The number of carbonyl (C=O) groups excluding carboxylic acids is 2. The minimum atomic E-state index is -1.00. The Labute approximate surface area is 216 Å². The van der Waals surface area contributed by atoms with Crippen molar-refractivity contribution in [3.63, 3.8) is 0 Å². The molecule has 1 N–H and O–H groups in total. The molecule has 1 amide bonds. The second-order valence-electron chi connectivity index (χ2n) is 8.44. The molecule has 9 heteroatoms. The summed E-state index contributed by atoms with van der Waals surface area (Å²) in [5.74, 6) is -1.73. The van der Waals surface area contributed by atoms with Crippen molar-refractivity contribution in [1.29, 1.82) is 0 Å². The molecule has 1 unspecified atom stereocenters. The number of fused-ring (bicyclic) bond motifs is 1. The minimum absolute atomic E-state index is 0.127. The molecule has 7 nitrogen and oxygen atoms in total. The van der Waals surface area contributed by atoms with Crippen LogP contribution in [0.2, 0.25) is 0 Å². The molecule has 0 radical (unpaired) electrons. The molecular weight excluding hydrogens is 495 g/mol. The first-order chi connectivity index (χ1) is 17.9. The first kappa shape index (κ1) is 24.5. The maximum atomic E-state index is 13.5. The summed E-state index contributed by atoms with van der Waals surface area (Å²) < 4.78 is 25.2. The number of ether oxygens (including phenoxy) is 2. The van der Waals surface area contributed by atoms with Gasteiger partial charge in [0.15, 0.2) is 16.6 Å². The quantitative estimate of drug-likeness (QED) is 0.202. The lowest BCUT2D eigenvalue weighted by Gasteiger charge is -2.23. The fourth-order valence-electron chi connectivity index (χ4n) is 4.41. The zero-order valence-corrected chi connectivity index (χ0v) is 21.1. The summed E-state index contributed by atoms with van der Waals surface area (Å²) in [4.78, 5) is 32.8. The van der Waals surface area contributed by atoms with Gasteiger partial charge >= 0.3 is 5.91 Å². The Bertz CT molecular complexity index is 1560. The number of aromatic nitrogens is 1. The summed E-state index contributed by atoms with van der Waals surface area (Å²) in [6, 6.07) is 14.9. The zero-order chi connectivity index (χ0) is 26.3. The lowest BCUT2D eigenvalue weighted by Crippen LogP contribution is -2.29. The Morgan fingerprint density at radius 2 is 1.76 bits per heavy atom. The van der Waals surface area contributed by atoms with E-state index in [9.17, 15) is 19.1 Å². The second kappa shape index (κ2) is 9.67. The summed E-state index contributed by atoms with van der Waals surface area (Å²) in [7, 11) is 2.99. The average molecular weight is 519 g/mol. The number of rotatable bonds is 6. The van der Waals surface area contributed by atoms with Gasteiger partial charge in [-0.05, 0) is 66.1 Å². The first-order valence-corrected chi connectivity index (χ1v) is 12.4. The molecule has 188 valence electrons. The highest BCUT2D eigenvalue weighted by Crippen LogP contribution is 2.45. The molecule has 4 aromatic rings. The first-order valence-electron chi connectivity index (χ1n) is 11.5. The highest BCUT2D eigenvalue weighted by molar-refractivity contribution is 7.22. The Balaban J connectivity index is 1.73. The zero-order valence-electron chi connectivity index (χ0n) is 20.3. The standard InChI is InChI=1S/C28H23FN2O5S/c1-4-15-5-11-19-22(13-15)37-28(30-19)31-24(17-8-12-20(35-2)21(14-17)36-3)23(26(33)27(31)34)25(32)16-6-9-18(29)10-7-16/h5-14,24,32H,4H2,1-3H3. The van der Waals surface area contributed by atoms with E-state index in [1.807, 2.05) is 25.1 Å². The van der Waals surface area contributed by atoms with Crippen LogP contribution < -0.4 is 14.4 Å². The second-order valence-corrected chi connectivity index (χ2v) is 9.45. The van der Waals surface area contributed by atoms with Crippen LogP contribution in [0, 0.1) is 5.82 Å². The van der Waals surface area contributed by atoms with Gasteiger partial charge in [-0.1, -0.05) is 30.4 Å². The monoisotopic (exact) mass is 518 g/mol. The van der Waals surface area contributed by atoms with Gasteiger partial charge in [-0.25, -0.2) is 9.37 Å². The topological polar surface area (TPSA) is 89.0 Å². The van der Waals surface area contributed by atoms with Gasteiger partial charge in [0.05, 0.1) is 36.1 Å². The van der Waals surface area contributed by atoms with Gasteiger partial charge in [0, 0.05) is 5.56 Å². The number of ketones is 1. The number of Topliss-reactive ketones (excluding diaryl/α,β-unsaturated/α-hetero) is 1. The van der Waals surface area contributed by atoms with Crippen molar-refractivity contribution in [3.05, 3.63) is 88.7 Å². The predicted molar refractivity (Wildman–Crippen MR) is 140 cm³/mol. The molecular formula is C28H23FN2O5S. The van der Waals surface area contributed by atoms with Gasteiger partial charge in [0.2, 0.25) is 0 Å². The molecule has 2 heterocycles. The van der Waals surface area contributed by atoms with Gasteiger partial charge in [-0.3, -0.25) is 14.5 Å². The van der Waals surface area contributed by atoms with E-state index in [0.717, 1.165) is 16.7 Å². The number of benzene rings is 3. The molecule has 0 bridgehead atoms. The number of aryl methyl sites for hydroxylation is 1. The fourth-order valence-corrected chi connectivity index (χ4v) is 5.47. The number of hydrogen-bond acceptors (Lipinski definition) is 7. The van der Waals surface area contributed by atoms with Crippen molar-refractivity contribution in [1.82, 2.24) is 4.98 Å². The van der Waals surface area contributed by atoms with Crippen LogP contribution in [0.1, 0.15) is 29.7 Å². The molecule has 1 saturated heterocycles. The van der Waals surface area contributed by atoms with E-state index in [4.69, 9.17) is 9.47 Å². The Morgan fingerprint density at radius 1 is 1.03 bits per heavy atom. The van der Waals surface area contributed by atoms with Crippen LogP contribution in [0.25, 0.3) is 16.0 Å². The molecule has 1 aromatic heterocycles. The van der Waals surface area contributed by atoms with Crippen LogP contribution in [-0.2, 0) is 16.0 Å². The molecule has 1 aliphatic rings. The summed E-state index contributed by atoms with van der Waals surface area (Å²) >= 11 is 1.29. The summed E-state index contributed by atoms with van der Waals surface area (Å²) in [5, 5.41) is 11.5. The van der Waals surface area contributed by atoms with Gasteiger partial charge in [0.25, 0.3) is 5.78 Å². The lowest BCUT2D eigenvalue weighted by atomic mass is 9.95. The Hall–Kier alpha value is -4.24. The van der Waals surface area contributed by atoms with Crippen molar-refractivity contribution in [2.24, 2.45) is 0 Å². The van der Waals surface area contributed by atoms with E-state index in [1.54, 1.807) is 18.2 Å². The molecule has 1 aliphatic heterocycles. The summed E-state index contributed by atoms with van der Waals surface area (Å²) in [6.45, 7) is 2.05. The van der Waals surface area contributed by atoms with Crippen molar-refractivity contribution in [2.45, 2.75) is 19.4 Å². The van der Waals surface area contributed by atoms with Crippen molar-refractivity contribution in [2.75, 3.05) is 19.1 Å². The van der Waals surface area contributed by atoms with Gasteiger partial charge < -0.3 is 14.6 Å². The molecule has 1 atom stereocenters. The third kappa shape index (κ3) is 4.21. The van der Waals surface area contributed by atoms with Crippen molar-refractivity contribution < 1.29 is 28.6 Å². The normalized spacial score (nSPS) is 17.0. The van der Waals surface area contributed by atoms with Gasteiger partial charge in [0.1, 0.15) is 11.6 Å². The van der Waals surface area contributed by atoms with E-state index in [0.29, 0.717) is 27.7 Å². The van der Waals surface area contributed by atoms with E-state index in [2.05, 4.69) is 4.98 Å². The molecule has 0 aliphatic carbocycles. The molecule has 37 heavy (non-hydrogen) atoms. The number of aliphatic hydroxyl groups is 1. The number of methoxy groups -OCH3 is 2. The molecule has 5 rings (SSSR count). The van der Waals surface area contributed by atoms with Gasteiger partial charge in [-0.2, -0.15) is 0 Å². The summed E-state index contributed by atoms with van der Waals surface area (Å²) in [5.41, 5.74) is 2.41. The average Bonchev–Trinajstić information content (AvgIpc) is 3.45. The minimum Gasteiger partial charge on any atom is -0.507 e. The van der Waals surface area contributed by atoms with Crippen LogP contribution in [0.3, 0.4) is 0 Å². The number of aliphatic hydroxyl groups excluding tert-OH is 1. The number of hydrogen-bond donors (Lipinski definition) is 1. The van der Waals surface area contributed by atoms with Crippen LogP contribution >= 0.6 is 11.3 Å². The summed E-state index contributed by atoms with van der Waals surface area (Å²) in [6.07, 6.45) is 0.844. The van der Waals surface area contributed by atoms with Gasteiger partial charge in [-0.15, -0.1) is 0 Å². The highest BCUT2D eigenvalue weighted by Gasteiger charge is 2.48. The number of halogens is 1. The Kier molecular flexibility index (Phi) is 6.39. The van der Waals surface area contributed by atoms with E-state index in [1.165, 1.54) is 54.7 Å². The molecule has 0 spiro atoms. The predicted octanol–water partition coefficient (Wildman–Crippen LogP) is 5.64. The highest BCUT2D eigenvalue weighted by atomic mass is 32.1. The largest absolute Gasteiger partial charge is 0.507 e. The number of anilines is 1. The van der Waals surface area contributed by atoms with Crippen LogP contribution in [0.4, 0.5) is 9.52 Å². The third-order valence-corrected chi connectivity index (χ3v) is 7.36. The lowest BCUT2D eigenvalue weighted by molar-refractivity contribution is -0.132. The molecule has 1 fully saturated rings. The maximum Gasteiger partial charge on any atom is 0.301 e. The van der Waals surface area contributed by atoms with E-state index in [-0.39, 0.29) is 11.1 Å². The molecule has 0 saturated carbocycles. The molecule has 3 aromatic carbocycles. The smallest absolute Gasteiger partial charge is 0.301 e. The number of nitrogens with zero attached hydrogens (tertiary/aromatic N) is 2. The van der Waals surface area contributed by atoms with Crippen molar-refractivity contribution >= 4 is 44.1 Å². The third-order valence-electron chi connectivity index (χ3n) is 6.34. The maximum absolute atomic E-state index is 13.5. The van der Waals surface area contributed by atoms with Crippen LogP contribution in [-0.4, -0.2) is 36.0 Å².